The molecule has 0 saturated carbocycles. The van der Waals surface area contributed by atoms with E-state index in [9.17, 15) is 4.79 Å². The summed E-state index contributed by atoms with van der Waals surface area (Å²) in [6, 6.07) is 5.37. The quantitative estimate of drug-likeness (QED) is 0.636. The number of methoxy groups -OCH3 is 1. The number of rotatable bonds is 7. The Kier molecular flexibility index (Phi) is 5.66. The van der Waals surface area contributed by atoms with E-state index in [0.717, 1.165) is 0 Å². The van der Waals surface area contributed by atoms with Crippen molar-refractivity contribution in [1.29, 1.82) is 0 Å². The highest BCUT2D eigenvalue weighted by Gasteiger charge is 2.23. The second-order valence-corrected chi connectivity index (χ2v) is 6.65. The van der Waals surface area contributed by atoms with E-state index in [1.165, 1.54) is 10.9 Å². The van der Waals surface area contributed by atoms with Gasteiger partial charge in [-0.05, 0) is 24.1 Å². The van der Waals surface area contributed by atoms with E-state index in [1.807, 2.05) is 6.07 Å². The molecule has 1 amide bonds. The summed E-state index contributed by atoms with van der Waals surface area (Å²) in [4.78, 5) is 23.3. The Morgan fingerprint density at radius 1 is 1.37 bits per heavy atom. The van der Waals surface area contributed by atoms with Crippen LogP contribution in [-0.2, 0) is 11.3 Å². The lowest BCUT2D eigenvalue weighted by molar-refractivity contribution is 0.0774. The SMILES string of the molecule is COCc1c(C(=O)N(C)CC(C)C)cnn1-c1nccc(-c2ccco2)n1. The maximum Gasteiger partial charge on any atom is 0.257 e. The van der Waals surface area contributed by atoms with Crippen LogP contribution in [0.2, 0.25) is 0 Å². The van der Waals surface area contributed by atoms with Gasteiger partial charge in [0.2, 0.25) is 0 Å². The topological polar surface area (TPSA) is 86.3 Å². The fourth-order valence-corrected chi connectivity index (χ4v) is 2.85. The first-order chi connectivity index (χ1) is 13.0. The van der Waals surface area contributed by atoms with Crippen molar-refractivity contribution < 1.29 is 13.9 Å². The zero-order valence-electron chi connectivity index (χ0n) is 15.9. The molecule has 0 spiro atoms. The van der Waals surface area contributed by atoms with Crippen LogP contribution in [0.25, 0.3) is 17.4 Å². The number of nitrogens with zero attached hydrogens (tertiary/aromatic N) is 5. The van der Waals surface area contributed by atoms with Gasteiger partial charge in [-0.25, -0.2) is 9.97 Å². The van der Waals surface area contributed by atoms with Crippen molar-refractivity contribution in [2.75, 3.05) is 20.7 Å². The van der Waals surface area contributed by atoms with Crippen molar-refractivity contribution in [3.8, 4) is 17.4 Å². The molecule has 0 N–H and O–H groups in total. The highest BCUT2D eigenvalue weighted by molar-refractivity contribution is 5.95. The van der Waals surface area contributed by atoms with Crippen LogP contribution in [0.1, 0.15) is 29.9 Å². The van der Waals surface area contributed by atoms with E-state index in [2.05, 4.69) is 28.9 Å². The third-order valence-electron chi connectivity index (χ3n) is 3.97. The van der Waals surface area contributed by atoms with E-state index in [1.54, 1.807) is 43.7 Å². The molecule has 0 aliphatic carbocycles. The first kappa shape index (κ1) is 18.8. The summed E-state index contributed by atoms with van der Waals surface area (Å²) in [6.45, 7) is 5.00. The molecular formula is C19H23N5O3. The highest BCUT2D eigenvalue weighted by atomic mass is 16.5. The van der Waals surface area contributed by atoms with Gasteiger partial charge in [-0.1, -0.05) is 13.8 Å². The Morgan fingerprint density at radius 2 is 2.19 bits per heavy atom. The molecule has 3 aromatic rings. The molecule has 0 bridgehead atoms. The molecule has 27 heavy (non-hydrogen) atoms. The Labute approximate surface area is 157 Å². The number of carbonyl (C=O) groups is 1. The second kappa shape index (κ2) is 8.13. The van der Waals surface area contributed by atoms with Gasteiger partial charge >= 0.3 is 0 Å². The van der Waals surface area contributed by atoms with Crippen molar-refractivity contribution in [2.45, 2.75) is 20.5 Å². The van der Waals surface area contributed by atoms with E-state index in [-0.39, 0.29) is 12.5 Å². The van der Waals surface area contributed by atoms with Crippen molar-refractivity contribution >= 4 is 5.91 Å². The van der Waals surface area contributed by atoms with Crippen LogP contribution in [0, 0.1) is 5.92 Å². The van der Waals surface area contributed by atoms with Crippen LogP contribution >= 0.6 is 0 Å². The number of carbonyl (C=O) groups excluding carboxylic acids is 1. The number of ether oxygens (including phenoxy) is 1. The zero-order valence-corrected chi connectivity index (χ0v) is 15.9. The largest absolute Gasteiger partial charge is 0.463 e. The lowest BCUT2D eigenvalue weighted by atomic mass is 10.2. The molecule has 3 rings (SSSR count). The van der Waals surface area contributed by atoms with Gasteiger partial charge in [0.15, 0.2) is 5.76 Å². The minimum atomic E-state index is -0.107. The molecule has 0 aromatic carbocycles. The minimum Gasteiger partial charge on any atom is -0.463 e. The van der Waals surface area contributed by atoms with E-state index in [4.69, 9.17) is 9.15 Å². The van der Waals surface area contributed by atoms with Gasteiger partial charge in [0.25, 0.3) is 11.9 Å². The van der Waals surface area contributed by atoms with Crippen LogP contribution in [0.3, 0.4) is 0 Å². The standard InChI is InChI=1S/C19H23N5O3/c1-13(2)11-23(3)18(25)14-10-21-24(16(14)12-26-4)19-20-8-7-15(22-19)17-6-5-9-27-17/h5-10,13H,11-12H2,1-4H3. The Hall–Kier alpha value is -3.00. The average Bonchev–Trinajstić information content (AvgIpc) is 3.31. The molecule has 0 aliphatic rings. The van der Waals surface area contributed by atoms with Crippen molar-refractivity contribution in [1.82, 2.24) is 24.6 Å². The van der Waals surface area contributed by atoms with Crippen LogP contribution in [0.4, 0.5) is 0 Å². The monoisotopic (exact) mass is 369 g/mol. The van der Waals surface area contributed by atoms with Gasteiger partial charge in [-0.2, -0.15) is 9.78 Å². The normalized spacial score (nSPS) is 11.1. The summed E-state index contributed by atoms with van der Waals surface area (Å²) in [7, 11) is 3.36. The number of furan rings is 1. The second-order valence-electron chi connectivity index (χ2n) is 6.65. The molecule has 0 unspecified atom stereocenters. The maximum absolute atomic E-state index is 12.8. The van der Waals surface area contributed by atoms with Gasteiger partial charge in [0.1, 0.15) is 5.69 Å². The van der Waals surface area contributed by atoms with Gasteiger partial charge in [-0.3, -0.25) is 4.79 Å². The first-order valence-electron chi connectivity index (χ1n) is 8.69. The molecule has 8 heteroatoms. The molecule has 8 nitrogen and oxygen atoms in total. The van der Waals surface area contributed by atoms with Crippen molar-refractivity contribution in [2.24, 2.45) is 5.92 Å². The van der Waals surface area contributed by atoms with Gasteiger partial charge in [0, 0.05) is 26.9 Å². The summed E-state index contributed by atoms with van der Waals surface area (Å²) in [5.41, 5.74) is 1.72. The Morgan fingerprint density at radius 3 is 2.85 bits per heavy atom. The third kappa shape index (κ3) is 4.06. The fourth-order valence-electron chi connectivity index (χ4n) is 2.85. The average molecular weight is 369 g/mol. The number of amides is 1. The summed E-state index contributed by atoms with van der Waals surface area (Å²) in [5, 5.41) is 4.34. The molecule has 3 aromatic heterocycles. The van der Waals surface area contributed by atoms with Crippen LogP contribution in [0.15, 0.2) is 41.3 Å². The third-order valence-corrected chi connectivity index (χ3v) is 3.97. The van der Waals surface area contributed by atoms with Crippen LogP contribution in [0.5, 0.6) is 0 Å². The lowest BCUT2D eigenvalue weighted by Gasteiger charge is -2.19. The molecule has 0 aliphatic heterocycles. The smallest absolute Gasteiger partial charge is 0.257 e. The van der Waals surface area contributed by atoms with Crippen LogP contribution < -0.4 is 0 Å². The summed E-state index contributed by atoms with van der Waals surface area (Å²) in [6.07, 6.45) is 4.75. The van der Waals surface area contributed by atoms with Crippen molar-refractivity contribution in [3.63, 3.8) is 0 Å². The van der Waals surface area contributed by atoms with Crippen molar-refractivity contribution in [3.05, 3.63) is 48.1 Å². The van der Waals surface area contributed by atoms with E-state index < -0.39 is 0 Å². The summed E-state index contributed by atoms with van der Waals surface area (Å²) >= 11 is 0. The highest BCUT2D eigenvalue weighted by Crippen LogP contribution is 2.20. The zero-order chi connectivity index (χ0) is 19.4. The van der Waals surface area contributed by atoms with Gasteiger partial charge in [-0.15, -0.1) is 0 Å². The Balaban J connectivity index is 1.98. The molecule has 0 fully saturated rings. The van der Waals surface area contributed by atoms with Crippen LogP contribution in [-0.4, -0.2) is 51.3 Å². The van der Waals surface area contributed by atoms with E-state index in [0.29, 0.717) is 41.1 Å². The molecule has 3 heterocycles. The predicted octanol–water partition coefficient (Wildman–Crippen LogP) is 2.80. The number of hydrogen-bond acceptors (Lipinski definition) is 6. The number of aromatic nitrogens is 4. The fraction of sp³-hybridized carbons (Fsp3) is 0.368. The van der Waals surface area contributed by atoms with Gasteiger partial charge in [0.05, 0.1) is 30.3 Å². The lowest BCUT2D eigenvalue weighted by Crippen LogP contribution is -2.31. The molecule has 0 atom stereocenters. The summed E-state index contributed by atoms with van der Waals surface area (Å²) < 4.78 is 12.2. The molecule has 0 saturated heterocycles. The maximum atomic E-state index is 12.8. The summed E-state index contributed by atoms with van der Waals surface area (Å²) in [5.74, 6) is 1.24. The molecular weight excluding hydrogens is 346 g/mol. The molecule has 0 radical (unpaired) electrons. The number of hydrogen-bond donors (Lipinski definition) is 0. The Bertz CT molecular complexity index is 902. The van der Waals surface area contributed by atoms with Gasteiger partial charge < -0.3 is 14.1 Å². The molecule has 142 valence electrons. The predicted molar refractivity (Wildman–Crippen MR) is 99.4 cm³/mol. The first-order valence-corrected chi connectivity index (χ1v) is 8.69. The van der Waals surface area contributed by atoms with E-state index >= 15 is 0 Å². The minimum absolute atomic E-state index is 0.107.